The van der Waals surface area contributed by atoms with Gasteiger partial charge in [-0.15, -0.1) is 0 Å². The number of carbonyl (C=O) groups is 1. The SMILES string of the molecule is COc1ccc(C=Cc2cc(OC)c(OC)c(OC)c2)c(NC(=O)/C=C/c2ccccc2OC)c1. The molecule has 3 aromatic carbocycles. The van der Waals surface area contributed by atoms with Gasteiger partial charge in [-0.25, -0.2) is 0 Å². The molecule has 0 bridgehead atoms. The van der Waals surface area contributed by atoms with Gasteiger partial charge in [0.05, 0.1) is 41.2 Å². The van der Waals surface area contributed by atoms with Crippen LogP contribution in [0.5, 0.6) is 28.7 Å². The molecule has 0 saturated heterocycles. The molecule has 1 N–H and O–H groups in total. The van der Waals surface area contributed by atoms with Crippen molar-refractivity contribution < 1.29 is 28.5 Å². The van der Waals surface area contributed by atoms with Crippen molar-refractivity contribution >= 4 is 29.8 Å². The maximum Gasteiger partial charge on any atom is 0.248 e. The minimum atomic E-state index is -0.286. The lowest BCUT2D eigenvalue weighted by Gasteiger charge is -2.13. The third kappa shape index (κ3) is 6.35. The predicted molar refractivity (Wildman–Crippen MR) is 139 cm³/mol. The smallest absolute Gasteiger partial charge is 0.248 e. The zero-order valence-electron chi connectivity index (χ0n) is 20.5. The van der Waals surface area contributed by atoms with E-state index in [2.05, 4.69) is 5.32 Å². The van der Waals surface area contributed by atoms with Gasteiger partial charge in [-0.2, -0.15) is 0 Å². The van der Waals surface area contributed by atoms with Crippen LogP contribution in [0.1, 0.15) is 16.7 Å². The molecule has 3 rings (SSSR count). The number of hydrogen-bond acceptors (Lipinski definition) is 6. The van der Waals surface area contributed by atoms with Gasteiger partial charge >= 0.3 is 0 Å². The molecule has 7 nitrogen and oxygen atoms in total. The molecule has 0 aliphatic carbocycles. The van der Waals surface area contributed by atoms with Crippen LogP contribution < -0.4 is 29.0 Å². The third-order valence-electron chi connectivity index (χ3n) is 5.21. The van der Waals surface area contributed by atoms with E-state index in [4.69, 9.17) is 23.7 Å². The average Bonchev–Trinajstić information content (AvgIpc) is 2.90. The lowest BCUT2D eigenvalue weighted by Crippen LogP contribution is -2.09. The van der Waals surface area contributed by atoms with Crippen LogP contribution in [0, 0.1) is 0 Å². The highest BCUT2D eigenvalue weighted by Gasteiger charge is 2.12. The zero-order chi connectivity index (χ0) is 25.2. The Morgan fingerprint density at radius 3 is 2.00 bits per heavy atom. The molecule has 0 aliphatic rings. The summed E-state index contributed by atoms with van der Waals surface area (Å²) in [7, 11) is 7.87. The highest BCUT2D eigenvalue weighted by atomic mass is 16.5. The van der Waals surface area contributed by atoms with Crippen LogP contribution in [0.25, 0.3) is 18.2 Å². The van der Waals surface area contributed by atoms with Gasteiger partial charge in [-0.1, -0.05) is 30.4 Å². The summed E-state index contributed by atoms with van der Waals surface area (Å²) in [5.41, 5.74) is 3.03. The van der Waals surface area contributed by atoms with E-state index in [1.807, 2.05) is 60.7 Å². The number of methoxy groups -OCH3 is 5. The van der Waals surface area contributed by atoms with Gasteiger partial charge in [0.1, 0.15) is 11.5 Å². The van der Waals surface area contributed by atoms with Gasteiger partial charge in [0.2, 0.25) is 11.7 Å². The summed E-state index contributed by atoms with van der Waals surface area (Å²) in [5, 5.41) is 2.93. The molecule has 0 spiro atoms. The fourth-order valence-electron chi connectivity index (χ4n) is 3.44. The maximum atomic E-state index is 12.7. The van der Waals surface area contributed by atoms with E-state index in [0.717, 1.165) is 16.7 Å². The molecule has 3 aromatic rings. The Labute approximate surface area is 205 Å². The number of carbonyl (C=O) groups excluding carboxylic acids is 1. The molecule has 182 valence electrons. The first-order valence-electron chi connectivity index (χ1n) is 10.8. The molecule has 0 fully saturated rings. The Hall–Kier alpha value is -4.39. The van der Waals surface area contributed by atoms with Crippen molar-refractivity contribution in [1.82, 2.24) is 0 Å². The molecular formula is C28H29NO6. The summed E-state index contributed by atoms with van der Waals surface area (Å²) < 4.78 is 26.9. The van der Waals surface area contributed by atoms with E-state index < -0.39 is 0 Å². The van der Waals surface area contributed by atoms with Crippen LogP contribution in [0.3, 0.4) is 0 Å². The molecule has 0 radical (unpaired) electrons. The Balaban J connectivity index is 1.88. The standard InChI is InChI=1S/C28H29NO6/c1-31-22-14-12-20(11-10-19-16-25(33-3)28(35-5)26(17-19)34-4)23(18-22)29-27(30)15-13-21-8-6-7-9-24(21)32-2/h6-18H,1-5H3,(H,29,30)/b11-10?,15-13+. The summed E-state index contributed by atoms with van der Waals surface area (Å²) in [4.78, 5) is 12.7. The zero-order valence-corrected chi connectivity index (χ0v) is 20.5. The highest BCUT2D eigenvalue weighted by Crippen LogP contribution is 2.38. The minimum Gasteiger partial charge on any atom is -0.497 e. The normalized spacial score (nSPS) is 10.9. The van der Waals surface area contributed by atoms with Gasteiger partial charge in [0.15, 0.2) is 11.5 Å². The van der Waals surface area contributed by atoms with E-state index in [0.29, 0.717) is 34.4 Å². The number of ether oxygens (including phenoxy) is 5. The molecule has 0 aliphatic heterocycles. The summed E-state index contributed by atoms with van der Waals surface area (Å²) in [6.07, 6.45) is 6.95. The number of rotatable bonds is 10. The Kier molecular flexibility index (Phi) is 8.78. The first kappa shape index (κ1) is 25.2. The van der Waals surface area contributed by atoms with Crippen molar-refractivity contribution in [2.45, 2.75) is 0 Å². The summed E-state index contributed by atoms with van der Waals surface area (Å²) in [6.45, 7) is 0. The van der Waals surface area contributed by atoms with Crippen LogP contribution in [0.4, 0.5) is 5.69 Å². The molecule has 1 amide bonds. The number of amides is 1. The predicted octanol–water partition coefficient (Wildman–Crippen LogP) is 5.55. The van der Waals surface area contributed by atoms with Crippen molar-refractivity contribution in [2.24, 2.45) is 0 Å². The van der Waals surface area contributed by atoms with Gasteiger partial charge in [0.25, 0.3) is 0 Å². The number of hydrogen-bond donors (Lipinski definition) is 1. The van der Waals surface area contributed by atoms with Gasteiger partial charge in [0, 0.05) is 17.7 Å². The molecular weight excluding hydrogens is 446 g/mol. The average molecular weight is 476 g/mol. The number of nitrogens with one attached hydrogen (secondary N) is 1. The van der Waals surface area contributed by atoms with E-state index in [1.54, 1.807) is 47.7 Å². The monoisotopic (exact) mass is 475 g/mol. The minimum absolute atomic E-state index is 0.286. The summed E-state index contributed by atoms with van der Waals surface area (Å²) in [5.74, 6) is 2.65. The fraction of sp³-hybridized carbons (Fsp3) is 0.179. The van der Waals surface area contributed by atoms with Crippen molar-refractivity contribution in [3.8, 4) is 28.7 Å². The summed E-state index contributed by atoms with van der Waals surface area (Å²) in [6, 6.07) is 16.6. The van der Waals surface area contributed by atoms with E-state index >= 15 is 0 Å². The number of anilines is 1. The quantitative estimate of drug-likeness (QED) is 0.306. The van der Waals surface area contributed by atoms with Gasteiger partial charge in [-0.3, -0.25) is 4.79 Å². The van der Waals surface area contributed by atoms with Crippen molar-refractivity contribution in [3.63, 3.8) is 0 Å². The first-order chi connectivity index (χ1) is 17.0. The third-order valence-corrected chi connectivity index (χ3v) is 5.21. The maximum absolute atomic E-state index is 12.7. The van der Waals surface area contributed by atoms with Crippen LogP contribution in [0.15, 0.2) is 60.7 Å². The Morgan fingerprint density at radius 2 is 1.37 bits per heavy atom. The van der Waals surface area contributed by atoms with E-state index in [9.17, 15) is 4.79 Å². The van der Waals surface area contributed by atoms with Gasteiger partial charge < -0.3 is 29.0 Å². The largest absolute Gasteiger partial charge is 0.497 e. The highest BCUT2D eigenvalue weighted by molar-refractivity contribution is 6.03. The topological polar surface area (TPSA) is 75.3 Å². The van der Waals surface area contributed by atoms with Gasteiger partial charge in [-0.05, 0) is 47.5 Å². The first-order valence-corrected chi connectivity index (χ1v) is 10.8. The molecule has 0 saturated carbocycles. The van der Waals surface area contributed by atoms with Crippen LogP contribution >= 0.6 is 0 Å². The molecule has 0 aromatic heterocycles. The van der Waals surface area contributed by atoms with Crippen molar-refractivity contribution in [3.05, 3.63) is 77.4 Å². The van der Waals surface area contributed by atoms with Crippen LogP contribution in [-0.4, -0.2) is 41.5 Å². The second-order valence-corrected chi connectivity index (χ2v) is 7.31. The van der Waals surface area contributed by atoms with Crippen molar-refractivity contribution in [1.29, 1.82) is 0 Å². The molecule has 0 unspecified atom stereocenters. The molecule has 0 heterocycles. The number of para-hydroxylation sites is 1. The summed E-state index contributed by atoms with van der Waals surface area (Å²) >= 11 is 0. The van der Waals surface area contributed by atoms with Crippen molar-refractivity contribution in [2.75, 3.05) is 40.9 Å². The van der Waals surface area contributed by atoms with E-state index in [1.165, 1.54) is 6.08 Å². The lowest BCUT2D eigenvalue weighted by molar-refractivity contribution is -0.111. The fourth-order valence-corrected chi connectivity index (χ4v) is 3.44. The Bertz CT molecular complexity index is 1210. The molecule has 35 heavy (non-hydrogen) atoms. The van der Waals surface area contributed by atoms with Crippen LogP contribution in [-0.2, 0) is 4.79 Å². The molecule has 0 atom stereocenters. The number of benzene rings is 3. The van der Waals surface area contributed by atoms with E-state index in [-0.39, 0.29) is 5.91 Å². The second-order valence-electron chi connectivity index (χ2n) is 7.31. The van der Waals surface area contributed by atoms with Crippen LogP contribution in [0.2, 0.25) is 0 Å². The lowest BCUT2D eigenvalue weighted by atomic mass is 10.1. The molecule has 7 heteroatoms. The second kappa shape index (κ2) is 12.2. The Morgan fingerprint density at radius 1 is 0.686 bits per heavy atom.